The van der Waals surface area contributed by atoms with E-state index in [1.165, 1.54) is 38.7 Å². The van der Waals surface area contributed by atoms with Gasteiger partial charge in [0.25, 0.3) is 0 Å². The summed E-state index contributed by atoms with van der Waals surface area (Å²) >= 11 is 7.20. The Morgan fingerprint density at radius 3 is 1.97 bits per heavy atom. The van der Waals surface area contributed by atoms with E-state index in [1.807, 2.05) is 22.7 Å². The fourth-order valence-electron chi connectivity index (χ4n) is 3.04. The van der Waals surface area contributed by atoms with Crippen molar-refractivity contribution in [2.24, 2.45) is 0 Å². The van der Waals surface area contributed by atoms with Crippen molar-refractivity contribution in [3.63, 3.8) is 0 Å². The van der Waals surface area contributed by atoms with Gasteiger partial charge in [0, 0.05) is 49.2 Å². The predicted octanol–water partition coefficient (Wildman–Crippen LogP) is 7.09. The molecule has 4 nitrogen and oxygen atoms in total. The summed E-state index contributed by atoms with van der Waals surface area (Å²) in [7, 11) is 3.38. The number of hydrogen-bond acceptors (Lipinski definition) is 8. The van der Waals surface area contributed by atoms with Gasteiger partial charge in [0.05, 0.1) is 23.0 Å². The number of hydrogen-bond donors (Lipinski definition) is 0. The molecule has 0 radical (unpaired) electrons. The van der Waals surface area contributed by atoms with E-state index in [0.717, 1.165) is 11.5 Å². The SMILES string of the molecule is COCCOc1cc(-c2cc(OCCOC)c(-c3cc4sc(C)cc4s3)s2)sc1C. The van der Waals surface area contributed by atoms with Crippen molar-refractivity contribution in [2.45, 2.75) is 13.8 Å². The number of fused-ring (bicyclic) bond motifs is 1. The van der Waals surface area contributed by atoms with Gasteiger partial charge in [-0.1, -0.05) is 0 Å². The molecule has 0 aliphatic carbocycles. The molecule has 4 rings (SSSR count). The summed E-state index contributed by atoms with van der Waals surface area (Å²) in [6.07, 6.45) is 0. The second kappa shape index (κ2) is 9.80. The fourth-order valence-corrected chi connectivity index (χ4v) is 7.60. The third kappa shape index (κ3) is 4.74. The number of rotatable bonds is 10. The quantitative estimate of drug-likeness (QED) is 0.227. The van der Waals surface area contributed by atoms with Gasteiger partial charge in [0.2, 0.25) is 0 Å². The molecule has 0 amide bonds. The third-order valence-electron chi connectivity index (χ3n) is 4.46. The summed E-state index contributed by atoms with van der Waals surface area (Å²) in [5.74, 6) is 1.85. The molecular weight excluding hydrogens is 457 g/mol. The highest BCUT2D eigenvalue weighted by Crippen LogP contribution is 2.49. The molecule has 0 aromatic carbocycles. The molecule has 4 heterocycles. The number of thiophene rings is 4. The normalized spacial score (nSPS) is 11.5. The second-order valence-corrected chi connectivity index (χ2v) is 11.4. The van der Waals surface area contributed by atoms with E-state index < -0.39 is 0 Å². The monoisotopic (exact) mass is 480 g/mol. The van der Waals surface area contributed by atoms with Crippen LogP contribution >= 0.6 is 45.3 Å². The van der Waals surface area contributed by atoms with Crippen LogP contribution in [-0.2, 0) is 9.47 Å². The molecule has 0 bridgehead atoms. The molecule has 0 fully saturated rings. The van der Waals surface area contributed by atoms with Gasteiger partial charge in [-0.25, -0.2) is 0 Å². The highest BCUT2D eigenvalue weighted by molar-refractivity contribution is 7.32. The highest BCUT2D eigenvalue weighted by atomic mass is 32.1. The van der Waals surface area contributed by atoms with E-state index >= 15 is 0 Å². The van der Waals surface area contributed by atoms with Gasteiger partial charge in [-0.05, 0) is 32.0 Å². The topological polar surface area (TPSA) is 36.9 Å². The Kier molecular flexibility index (Phi) is 7.12. The first-order chi connectivity index (χ1) is 14.6. The van der Waals surface area contributed by atoms with Crippen molar-refractivity contribution in [1.29, 1.82) is 0 Å². The lowest BCUT2D eigenvalue weighted by Crippen LogP contribution is -2.04. The molecular formula is C22H24O4S4. The van der Waals surface area contributed by atoms with Gasteiger partial charge in [0.15, 0.2) is 0 Å². The standard InChI is InChI=1S/C22H24O4S4/c1-13-9-17-20(27-13)12-21(29-17)22-16(26-8-6-24-4)11-19(30-22)18-10-15(14(2)28-18)25-7-5-23-3/h9-12H,5-8H2,1-4H3. The minimum atomic E-state index is 0.535. The zero-order valence-corrected chi connectivity index (χ0v) is 20.7. The molecule has 4 aromatic heterocycles. The summed E-state index contributed by atoms with van der Waals surface area (Å²) in [6, 6.07) is 8.83. The van der Waals surface area contributed by atoms with Crippen LogP contribution in [0.5, 0.6) is 11.5 Å². The van der Waals surface area contributed by atoms with Gasteiger partial charge >= 0.3 is 0 Å². The van der Waals surface area contributed by atoms with E-state index in [1.54, 1.807) is 36.9 Å². The van der Waals surface area contributed by atoms with E-state index in [2.05, 4.69) is 38.1 Å². The Labute approximate surface area is 192 Å². The summed E-state index contributed by atoms with van der Waals surface area (Å²) < 4.78 is 24.9. The molecule has 4 aromatic rings. The van der Waals surface area contributed by atoms with Crippen LogP contribution in [0.4, 0.5) is 0 Å². The van der Waals surface area contributed by atoms with Gasteiger partial charge in [-0.3, -0.25) is 0 Å². The van der Waals surface area contributed by atoms with Crippen LogP contribution in [0.25, 0.3) is 28.9 Å². The van der Waals surface area contributed by atoms with Crippen LogP contribution in [0, 0.1) is 13.8 Å². The second-order valence-electron chi connectivity index (χ2n) is 6.71. The summed E-state index contributed by atoms with van der Waals surface area (Å²) in [6.45, 7) is 6.49. The maximum absolute atomic E-state index is 6.10. The number of methoxy groups -OCH3 is 2. The average molecular weight is 481 g/mol. The largest absolute Gasteiger partial charge is 0.490 e. The van der Waals surface area contributed by atoms with Crippen molar-refractivity contribution in [2.75, 3.05) is 40.6 Å². The van der Waals surface area contributed by atoms with E-state index in [4.69, 9.17) is 18.9 Å². The first-order valence-corrected chi connectivity index (χ1v) is 12.8. The summed E-state index contributed by atoms with van der Waals surface area (Å²) in [4.78, 5) is 7.35. The Balaban J connectivity index is 1.66. The van der Waals surface area contributed by atoms with E-state index in [0.29, 0.717) is 26.4 Å². The van der Waals surface area contributed by atoms with Crippen LogP contribution in [0.2, 0.25) is 0 Å². The lowest BCUT2D eigenvalue weighted by molar-refractivity contribution is 0.146. The first-order valence-electron chi connectivity index (χ1n) is 9.57. The van der Waals surface area contributed by atoms with Crippen LogP contribution in [-0.4, -0.2) is 40.6 Å². The average Bonchev–Trinajstić information content (AvgIpc) is 3.45. The first kappa shape index (κ1) is 21.8. The van der Waals surface area contributed by atoms with Gasteiger partial charge in [-0.15, -0.1) is 45.3 Å². The maximum atomic E-state index is 6.10. The predicted molar refractivity (Wildman–Crippen MR) is 131 cm³/mol. The van der Waals surface area contributed by atoms with Crippen LogP contribution in [0.3, 0.4) is 0 Å². The molecule has 0 aliphatic rings. The molecule has 0 unspecified atom stereocenters. The van der Waals surface area contributed by atoms with Crippen molar-refractivity contribution in [3.05, 3.63) is 34.0 Å². The van der Waals surface area contributed by atoms with Crippen LogP contribution in [0.15, 0.2) is 24.3 Å². The molecule has 0 aliphatic heterocycles. The van der Waals surface area contributed by atoms with Crippen LogP contribution < -0.4 is 9.47 Å². The molecule has 8 heteroatoms. The number of aryl methyl sites for hydroxylation is 2. The molecule has 0 spiro atoms. The van der Waals surface area contributed by atoms with Gasteiger partial charge in [-0.2, -0.15) is 0 Å². The van der Waals surface area contributed by atoms with Crippen molar-refractivity contribution in [1.82, 2.24) is 0 Å². The minimum Gasteiger partial charge on any atom is -0.490 e. The van der Waals surface area contributed by atoms with Crippen molar-refractivity contribution < 1.29 is 18.9 Å². The summed E-state index contributed by atoms with van der Waals surface area (Å²) in [5.41, 5.74) is 0. The zero-order chi connectivity index (χ0) is 21.1. The van der Waals surface area contributed by atoms with Gasteiger partial charge < -0.3 is 18.9 Å². The van der Waals surface area contributed by atoms with Gasteiger partial charge in [0.1, 0.15) is 24.7 Å². The molecule has 0 saturated carbocycles. The van der Waals surface area contributed by atoms with E-state index in [-0.39, 0.29) is 0 Å². The third-order valence-corrected chi connectivity index (χ3v) is 9.19. The Morgan fingerprint density at radius 2 is 1.27 bits per heavy atom. The lowest BCUT2D eigenvalue weighted by atomic mass is 10.3. The molecule has 0 saturated heterocycles. The molecule has 160 valence electrons. The highest BCUT2D eigenvalue weighted by Gasteiger charge is 2.19. The zero-order valence-electron chi connectivity index (χ0n) is 17.4. The van der Waals surface area contributed by atoms with Crippen molar-refractivity contribution >= 4 is 54.7 Å². The Hall–Kier alpha value is -1.42. The molecule has 0 atom stereocenters. The number of ether oxygens (including phenoxy) is 4. The Morgan fingerprint density at radius 1 is 0.633 bits per heavy atom. The maximum Gasteiger partial charge on any atom is 0.139 e. The molecule has 30 heavy (non-hydrogen) atoms. The molecule has 0 N–H and O–H groups in total. The Bertz CT molecular complexity index is 1090. The fraction of sp³-hybridized carbons (Fsp3) is 0.364. The smallest absolute Gasteiger partial charge is 0.139 e. The van der Waals surface area contributed by atoms with Crippen LogP contribution in [0.1, 0.15) is 9.75 Å². The van der Waals surface area contributed by atoms with E-state index in [9.17, 15) is 0 Å². The summed E-state index contributed by atoms with van der Waals surface area (Å²) in [5, 5.41) is 0. The lowest BCUT2D eigenvalue weighted by Gasteiger charge is -2.05. The minimum absolute atomic E-state index is 0.535. The van der Waals surface area contributed by atoms with Crippen molar-refractivity contribution in [3.8, 4) is 31.0 Å².